The number of benzene rings is 1. The summed E-state index contributed by atoms with van der Waals surface area (Å²) in [5, 5.41) is 13.0. The van der Waals surface area contributed by atoms with Crippen LogP contribution < -0.4 is 0 Å². The van der Waals surface area contributed by atoms with Crippen molar-refractivity contribution < 1.29 is 4.79 Å². The Labute approximate surface area is 155 Å². The van der Waals surface area contributed by atoms with Crippen LogP contribution in [0.1, 0.15) is 16.3 Å². The van der Waals surface area contributed by atoms with Gasteiger partial charge < -0.3 is 9.47 Å². The highest BCUT2D eigenvalue weighted by molar-refractivity contribution is 5.93. The number of rotatable bonds is 2. The Morgan fingerprint density at radius 2 is 1.89 bits per heavy atom. The van der Waals surface area contributed by atoms with Crippen LogP contribution in [0.15, 0.2) is 54.9 Å². The van der Waals surface area contributed by atoms with E-state index in [-0.39, 0.29) is 5.91 Å². The predicted octanol–water partition coefficient (Wildman–Crippen LogP) is 1.69. The van der Waals surface area contributed by atoms with Crippen LogP contribution in [0, 0.1) is 0 Å². The first-order valence-corrected chi connectivity index (χ1v) is 8.87. The van der Waals surface area contributed by atoms with Gasteiger partial charge in [-0.05, 0) is 6.07 Å². The predicted molar refractivity (Wildman–Crippen MR) is 98.1 cm³/mol. The van der Waals surface area contributed by atoms with Gasteiger partial charge in [0.05, 0.1) is 0 Å². The first kappa shape index (κ1) is 15.7. The number of hydrogen-bond donors (Lipinski definition) is 0. The van der Waals surface area contributed by atoms with E-state index in [1.807, 2.05) is 35.2 Å². The lowest BCUT2D eigenvalue weighted by molar-refractivity contribution is 0.0753. The largest absolute Gasteiger partial charge is 0.335 e. The lowest BCUT2D eigenvalue weighted by Gasteiger charge is -2.18. The summed E-state index contributed by atoms with van der Waals surface area (Å²) in [7, 11) is 0. The SMILES string of the molecule is O=C(c1cc2ncccn2n1)N1CCc2nnc(-c3ccccc3)n2CC1. The fourth-order valence-electron chi connectivity index (χ4n) is 3.42. The van der Waals surface area contributed by atoms with Gasteiger partial charge in [0.1, 0.15) is 5.82 Å². The molecule has 0 N–H and O–H groups in total. The minimum absolute atomic E-state index is 0.0829. The van der Waals surface area contributed by atoms with Crippen LogP contribution in [0.3, 0.4) is 0 Å². The summed E-state index contributed by atoms with van der Waals surface area (Å²) in [5.41, 5.74) is 2.11. The molecule has 0 unspecified atom stereocenters. The summed E-state index contributed by atoms with van der Waals surface area (Å²) >= 11 is 0. The van der Waals surface area contributed by atoms with Crippen LogP contribution in [0.25, 0.3) is 17.0 Å². The minimum Gasteiger partial charge on any atom is -0.335 e. The average molecular weight is 359 g/mol. The molecule has 0 bridgehead atoms. The first-order valence-electron chi connectivity index (χ1n) is 8.87. The highest BCUT2D eigenvalue weighted by atomic mass is 16.2. The molecule has 0 saturated heterocycles. The van der Waals surface area contributed by atoms with Crippen molar-refractivity contribution in [2.45, 2.75) is 13.0 Å². The van der Waals surface area contributed by atoms with E-state index in [4.69, 9.17) is 0 Å². The average Bonchev–Trinajstić information content (AvgIpc) is 3.27. The van der Waals surface area contributed by atoms with Crippen molar-refractivity contribution in [3.05, 3.63) is 66.4 Å². The summed E-state index contributed by atoms with van der Waals surface area (Å²) in [6.45, 7) is 1.84. The second-order valence-corrected chi connectivity index (χ2v) is 6.45. The van der Waals surface area contributed by atoms with Crippen molar-refractivity contribution in [2.24, 2.45) is 0 Å². The van der Waals surface area contributed by atoms with E-state index in [0.717, 1.165) is 17.2 Å². The number of nitrogens with zero attached hydrogens (tertiary/aromatic N) is 7. The normalized spacial score (nSPS) is 14.1. The maximum Gasteiger partial charge on any atom is 0.274 e. The maximum absolute atomic E-state index is 12.9. The molecule has 0 atom stereocenters. The van der Waals surface area contributed by atoms with Crippen molar-refractivity contribution in [3.63, 3.8) is 0 Å². The zero-order valence-electron chi connectivity index (χ0n) is 14.6. The Kier molecular flexibility index (Phi) is 3.67. The molecule has 0 spiro atoms. The molecule has 0 radical (unpaired) electrons. The third kappa shape index (κ3) is 2.75. The molecule has 0 saturated carbocycles. The van der Waals surface area contributed by atoms with Gasteiger partial charge in [-0.25, -0.2) is 9.50 Å². The third-order valence-electron chi connectivity index (χ3n) is 4.80. The Hall–Kier alpha value is -3.55. The van der Waals surface area contributed by atoms with E-state index in [0.29, 0.717) is 37.4 Å². The molecular weight excluding hydrogens is 342 g/mol. The van der Waals surface area contributed by atoms with Gasteiger partial charge in [0.2, 0.25) is 0 Å². The van der Waals surface area contributed by atoms with Crippen LogP contribution in [0.4, 0.5) is 0 Å². The minimum atomic E-state index is -0.0829. The third-order valence-corrected chi connectivity index (χ3v) is 4.80. The molecule has 3 aromatic heterocycles. The molecule has 8 heteroatoms. The number of amides is 1. The molecular formula is C19H17N7O. The van der Waals surface area contributed by atoms with Crippen LogP contribution in [0.5, 0.6) is 0 Å². The summed E-state index contributed by atoms with van der Waals surface area (Å²) in [4.78, 5) is 19.0. The highest BCUT2D eigenvalue weighted by Crippen LogP contribution is 2.20. The molecule has 1 aliphatic rings. The number of carbonyl (C=O) groups excluding carboxylic acids is 1. The van der Waals surface area contributed by atoms with Gasteiger partial charge in [0, 0.05) is 50.1 Å². The zero-order chi connectivity index (χ0) is 18.2. The second-order valence-electron chi connectivity index (χ2n) is 6.45. The second kappa shape index (κ2) is 6.31. The molecule has 1 aliphatic heterocycles. The van der Waals surface area contributed by atoms with Gasteiger partial charge >= 0.3 is 0 Å². The van der Waals surface area contributed by atoms with E-state index in [1.54, 1.807) is 29.0 Å². The lowest BCUT2D eigenvalue weighted by atomic mass is 10.2. The first-order chi connectivity index (χ1) is 13.3. The van der Waals surface area contributed by atoms with Gasteiger partial charge in [-0.3, -0.25) is 4.79 Å². The Morgan fingerprint density at radius 1 is 1.00 bits per heavy atom. The van der Waals surface area contributed by atoms with E-state index in [9.17, 15) is 4.79 Å². The molecule has 5 rings (SSSR count). The van der Waals surface area contributed by atoms with Crippen LogP contribution in [-0.4, -0.2) is 53.3 Å². The Balaban J connectivity index is 1.40. The summed E-state index contributed by atoms with van der Waals surface area (Å²) < 4.78 is 3.72. The standard InChI is InChI=1S/C19H17N7O/c27-19(15-13-17-20-8-4-9-26(17)23-15)24-10-7-16-21-22-18(25(16)12-11-24)14-5-2-1-3-6-14/h1-6,8-9,13H,7,10-12H2. The molecule has 1 amide bonds. The number of hydrogen-bond acceptors (Lipinski definition) is 5. The van der Waals surface area contributed by atoms with Crippen molar-refractivity contribution >= 4 is 11.6 Å². The molecule has 0 aliphatic carbocycles. The summed E-state index contributed by atoms with van der Waals surface area (Å²) in [6.07, 6.45) is 4.14. The van der Waals surface area contributed by atoms with Crippen LogP contribution in [0.2, 0.25) is 0 Å². The molecule has 8 nitrogen and oxygen atoms in total. The van der Waals surface area contributed by atoms with Crippen molar-refractivity contribution in [1.29, 1.82) is 0 Å². The van der Waals surface area contributed by atoms with Gasteiger partial charge in [-0.2, -0.15) is 5.10 Å². The number of carbonyl (C=O) groups is 1. The molecule has 1 aromatic carbocycles. The van der Waals surface area contributed by atoms with Crippen LogP contribution >= 0.6 is 0 Å². The summed E-state index contributed by atoms with van der Waals surface area (Å²) in [5.74, 6) is 1.66. The lowest BCUT2D eigenvalue weighted by Crippen LogP contribution is -2.34. The van der Waals surface area contributed by atoms with Gasteiger partial charge in [-0.1, -0.05) is 30.3 Å². The molecule has 4 aromatic rings. The van der Waals surface area contributed by atoms with E-state index < -0.39 is 0 Å². The fraction of sp³-hybridized carbons (Fsp3) is 0.211. The quantitative estimate of drug-likeness (QED) is 0.544. The summed E-state index contributed by atoms with van der Waals surface area (Å²) in [6, 6.07) is 13.5. The van der Waals surface area contributed by atoms with E-state index in [1.165, 1.54) is 0 Å². The van der Waals surface area contributed by atoms with Gasteiger partial charge in [0.25, 0.3) is 5.91 Å². The van der Waals surface area contributed by atoms with Gasteiger partial charge in [0.15, 0.2) is 17.2 Å². The Morgan fingerprint density at radius 3 is 2.74 bits per heavy atom. The highest BCUT2D eigenvalue weighted by Gasteiger charge is 2.24. The number of aromatic nitrogens is 6. The Bertz CT molecular complexity index is 1080. The van der Waals surface area contributed by atoms with Crippen molar-refractivity contribution in [2.75, 3.05) is 13.1 Å². The number of fused-ring (bicyclic) bond motifs is 2. The van der Waals surface area contributed by atoms with E-state index in [2.05, 4.69) is 24.8 Å². The molecule has 27 heavy (non-hydrogen) atoms. The topological polar surface area (TPSA) is 81.2 Å². The molecule has 134 valence electrons. The van der Waals surface area contributed by atoms with Crippen molar-refractivity contribution in [1.82, 2.24) is 34.3 Å². The van der Waals surface area contributed by atoms with Crippen LogP contribution in [-0.2, 0) is 13.0 Å². The van der Waals surface area contributed by atoms with Crippen molar-refractivity contribution in [3.8, 4) is 11.4 Å². The fourth-order valence-corrected chi connectivity index (χ4v) is 3.42. The van der Waals surface area contributed by atoms with E-state index >= 15 is 0 Å². The smallest absolute Gasteiger partial charge is 0.274 e. The zero-order valence-corrected chi connectivity index (χ0v) is 14.6. The van der Waals surface area contributed by atoms with Gasteiger partial charge in [-0.15, -0.1) is 10.2 Å². The molecule has 0 fully saturated rings. The maximum atomic E-state index is 12.9. The molecule has 4 heterocycles. The monoisotopic (exact) mass is 359 g/mol.